The molecule has 1 aromatic heterocycles. The lowest BCUT2D eigenvalue weighted by Crippen LogP contribution is -2.09. The van der Waals surface area contributed by atoms with Gasteiger partial charge in [0.15, 0.2) is 0 Å². The zero-order valence-electron chi connectivity index (χ0n) is 17.2. The summed E-state index contributed by atoms with van der Waals surface area (Å²) in [6.45, 7) is 2.14. The number of carbonyl (C=O) groups is 1. The van der Waals surface area contributed by atoms with Gasteiger partial charge in [-0.3, -0.25) is 0 Å². The largest absolute Gasteiger partial charge is 0.462 e. The number of rotatable bonds is 5. The molecule has 1 heterocycles. The Morgan fingerprint density at radius 3 is 2.32 bits per heavy atom. The number of hydrogen-bond acceptors (Lipinski definition) is 3. The standard InChI is InChI=1S/C27H22N2O2/c1-2-31-27(30)25-23(28-19-13-7-4-8-14-19)17-21(18-11-5-3-6-12-18)26-24(25)20-15-9-10-16-22(20)29-26/h3-17,28-29H,2H2,1H3. The predicted molar refractivity (Wildman–Crippen MR) is 127 cm³/mol. The second kappa shape index (κ2) is 8.00. The smallest absolute Gasteiger partial charge is 0.340 e. The van der Waals surface area contributed by atoms with E-state index in [1.807, 2.05) is 85.8 Å². The van der Waals surface area contributed by atoms with E-state index in [1.54, 1.807) is 0 Å². The number of aromatic amines is 1. The molecule has 4 nitrogen and oxygen atoms in total. The molecule has 4 aromatic carbocycles. The van der Waals surface area contributed by atoms with E-state index >= 15 is 0 Å². The fourth-order valence-corrected chi connectivity index (χ4v) is 4.06. The molecule has 0 saturated heterocycles. The van der Waals surface area contributed by atoms with E-state index in [0.717, 1.165) is 44.3 Å². The van der Waals surface area contributed by atoms with Crippen LogP contribution in [0.25, 0.3) is 32.9 Å². The highest BCUT2D eigenvalue weighted by Crippen LogP contribution is 2.40. The molecule has 0 amide bonds. The zero-order chi connectivity index (χ0) is 21.2. The van der Waals surface area contributed by atoms with Crippen molar-refractivity contribution in [3.63, 3.8) is 0 Å². The van der Waals surface area contributed by atoms with Crippen LogP contribution in [0.5, 0.6) is 0 Å². The highest BCUT2D eigenvalue weighted by atomic mass is 16.5. The SMILES string of the molecule is CCOC(=O)c1c(Nc2ccccc2)cc(-c2ccccc2)c2[nH]c3ccccc3c12. The van der Waals surface area contributed by atoms with Crippen LogP contribution in [0.15, 0.2) is 91.0 Å². The van der Waals surface area contributed by atoms with Crippen LogP contribution in [0.4, 0.5) is 11.4 Å². The third-order valence-electron chi connectivity index (χ3n) is 5.40. The first-order valence-electron chi connectivity index (χ1n) is 10.4. The van der Waals surface area contributed by atoms with Gasteiger partial charge in [-0.05, 0) is 36.8 Å². The minimum Gasteiger partial charge on any atom is -0.462 e. The third kappa shape index (κ3) is 3.42. The monoisotopic (exact) mass is 406 g/mol. The van der Waals surface area contributed by atoms with Crippen molar-refractivity contribution in [2.24, 2.45) is 0 Å². The van der Waals surface area contributed by atoms with Gasteiger partial charge in [0, 0.05) is 27.5 Å². The molecule has 4 heteroatoms. The zero-order valence-corrected chi connectivity index (χ0v) is 17.2. The van der Waals surface area contributed by atoms with Gasteiger partial charge in [-0.15, -0.1) is 0 Å². The number of ether oxygens (including phenoxy) is 1. The lowest BCUT2D eigenvalue weighted by Gasteiger charge is -2.16. The van der Waals surface area contributed by atoms with Crippen molar-refractivity contribution in [1.82, 2.24) is 4.98 Å². The van der Waals surface area contributed by atoms with Gasteiger partial charge in [0.2, 0.25) is 0 Å². The van der Waals surface area contributed by atoms with Crippen molar-refractivity contribution in [3.05, 3.63) is 96.6 Å². The van der Waals surface area contributed by atoms with Gasteiger partial charge in [0.25, 0.3) is 0 Å². The van der Waals surface area contributed by atoms with Crippen molar-refractivity contribution in [3.8, 4) is 11.1 Å². The number of para-hydroxylation sites is 2. The highest BCUT2D eigenvalue weighted by molar-refractivity contribution is 6.22. The lowest BCUT2D eigenvalue weighted by atomic mass is 9.96. The van der Waals surface area contributed by atoms with Crippen LogP contribution in [-0.4, -0.2) is 17.6 Å². The molecule has 5 rings (SSSR count). The van der Waals surface area contributed by atoms with E-state index < -0.39 is 0 Å². The topological polar surface area (TPSA) is 54.1 Å². The molecular weight excluding hydrogens is 384 g/mol. The minimum absolute atomic E-state index is 0.313. The van der Waals surface area contributed by atoms with Crippen LogP contribution in [-0.2, 0) is 4.74 Å². The molecule has 152 valence electrons. The van der Waals surface area contributed by atoms with Crippen molar-refractivity contribution in [2.75, 3.05) is 11.9 Å². The number of nitrogens with one attached hydrogen (secondary N) is 2. The van der Waals surface area contributed by atoms with Gasteiger partial charge in [0.1, 0.15) is 0 Å². The van der Waals surface area contributed by atoms with Gasteiger partial charge in [-0.2, -0.15) is 0 Å². The summed E-state index contributed by atoms with van der Waals surface area (Å²) in [6, 6.07) is 30.2. The van der Waals surface area contributed by atoms with Crippen molar-refractivity contribution in [1.29, 1.82) is 0 Å². The van der Waals surface area contributed by atoms with Crippen LogP contribution < -0.4 is 5.32 Å². The Bertz CT molecular complexity index is 1370. The molecule has 0 atom stereocenters. The van der Waals surface area contributed by atoms with Crippen molar-refractivity contribution < 1.29 is 9.53 Å². The van der Waals surface area contributed by atoms with Crippen molar-refractivity contribution >= 4 is 39.1 Å². The number of carbonyl (C=O) groups excluding carboxylic acids is 1. The summed E-state index contributed by atoms with van der Waals surface area (Å²) in [5, 5.41) is 5.32. The molecule has 0 saturated carbocycles. The summed E-state index contributed by atoms with van der Waals surface area (Å²) in [7, 11) is 0. The number of aromatic nitrogens is 1. The van der Waals surface area contributed by atoms with Gasteiger partial charge < -0.3 is 15.0 Å². The first-order chi connectivity index (χ1) is 15.3. The molecule has 5 aromatic rings. The molecule has 0 fully saturated rings. The molecule has 0 unspecified atom stereocenters. The van der Waals surface area contributed by atoms with Gasteiger partial charge in [-0.25, -0.2) is 4.79 Å². The highest BCUT2D eigenvalue weighted by Gasteiger charge is 2.23. The number of hydrogen-bond donors (Lipinski definition) is 2. The Hall–Kier alpha value is -4.05. The molecule has 0 aliphatic carbocycles. The fraction of sp³-hybridized carbons (Fsp3) is 0.0741. The summed E-state index contributed by atoms with van der Waals surface area (Å²) in [5.74, 6) is -0.338. The van der Waals surface area contributed by atoms with Crippen LogP contribution in [0.3, 0.4) is 0 Å². The van der Waals surface area contributed by atoms with Gasteiger partial charge >= 0.3 is 5.97 Å². The van der Waals surface area contributed by atoms with Crippen LogP contribution in [0, 0.1) is 0 Å². The summed E-state index contributed by atoms with van der Waals surface area (Å²) in [4.78, 5) is 16.7. The maximum atomic E-state index is 13.2. The summed E-state index contributed by atoms with van der Waals surface area (Å²) in [5.41, 5.74) is 6.18. The van der Waals surface area contributed by atoms with E-state index in [4.69, 9.17) is 4.74 Å². The first kappa shape index (κ1) is 18.9. The molecular formula is C27H22N2O2. The Balaban J connectivity index is 1.87. The van der Waals surface area contributed by atoms with E-state index in [0.29, 0.717) is 12.2 Å². The average molecular weight is 406 g/mol. The van der Waals surface area contributed by atoms with Crippen LogP contribution in [0.2, 0.25) is 0 Å². The minimum atomic E-state index is -0.338. The van der Waals surface area contributed by atoms with Crippen molar-refractivity contribution in [2.45, 2.75) is 6.92 Å². The maximum absolute atomic E-state index is 13.2. The summed E-state index contributed by atoms with van der Waals surface area (Å²) >= 11 is 0. The normalized spacial score (nSPS) is 11.0. The molecule has 0 aliphatic heterocycles. The van der Waals surface area contributed by atoms with Crippen LogP contribution in [0.1, 0.15) is 17.3 Å². The molecule has 0 radical (unpaired) electrons. The average Bonchev–Trinajstić information content (AvgIpc) is 3.19. The second-order valence-corrected chi connectivity index (χ2v) is 7.34. The van der Waals surface area contributed by atoms with E-state index in [9.17, 15) is 4.79 Å². The third-order valence-corrected chi connectivity index (χ3v) is 5.40. The fourth-order valence-electron chi connectivity index (χ4n) is 4.06. The van der Waals surface area contributed by atoms with Gasteiger partial charge in [-0.1, -0.05) is 66.7 Å². The maximum Gasteiger partial charge on any atom is 0.340 e. The Morgan fingerprint density at radius 2 is 1.58 bits per heavy atom. The number of fused-ring (bicyclic) bond motifs is 3. The van der Waals surface area contributed by atoms with E-state index in [-0.39, 0.29) is 5.97 Å². The number of H-pyrrole nitrogens is 1. The van der Waals surface area contributed by atoms with Crippen LogP contribution >= 0.6 is 0 Å². The lowest BCUT2D eigenvalue weighted by molar-refractivity contribution is 0.0530. The first-order valence-corrected chi connectivity index (χ1v) is 10.4. The van der Waals surface area contributed by atoms with Gasteiger partial charge in [0.05, 0.1) is 23.4 Å². The number of esters is 1. The Labute approximate surface area is 180 Å². The van der Waals surface area contributed by atoms with E-state index in [2.05, 4.69) is 22.4 Å². The quantitative estimate of drug-likeness (QED) is 0.312. The Morgan fingerprint density at radius 1 is 0.903 bits per heavy atom. The predicted octanol–water partition coefficient (Wildman–Crippen LogP) is 6.91. The molecule has 0 aliphatic rings. The number of benzene rings is 4. The Kier molecular flexibility index (Phi) is 4.89. The number of anilines is 2. The summed E-state index contributed by atoms with van der Waals surface area (Å²) < 4.78 is 5.49. The summed E-state index contributed by atoms with van der Waals surface area (Å²) in [6.07, 6.45) is 0. The van der Waals surface area contributed by atoms with E-state index in [1.165, 1.54) is 0 Å². The second-order valence-electron chi connectivity index (χ2n) is 7.34. The molecule has 0 bridgehead atoms. The molecule has 2 N–H and O–H groups in total. The molecule has 0 spiro atoms. The molecule has 31 heavy (non-hydrogen) atoms.